The maximum Gasteiger partial charge on any atom is 0.311 e. The zero-order valence-electron chi connectivity index (χ0n) is 9.69. The summed E-state index contributed by atoms with van der Waals surface area (Å²) in [6, 6.07) is 3.48. The molecular formula is C13H16N2O2. The van der Waals surface area contributed by atoms with Crippen molar-refractivity contribution in [3.63, 3.8) is 0 Å². The van der Waals surface area contributed by atoms with Gasteiger partial charge in [0.15, 0.2) is 0 Å². The Bertz CT molecular complexity index is 401. The predicted molar refractivity (Wildman–Crippen MR) is 64.7 cm³/mol. The van der Waals surface area contributed by atoms with Gasteiger partial charge >= 0.3 is 5.97 Å². The van der Waals surface area contributed by atoms with Gasteiger partial charge < -0.3 is 10.1 Å². The Morgan fingerprint density at radius 2 is 2.47 bits per heavy atom. The summed E-state index contributed by atoms with van der Waals surface area (Å²) in [5, 5.41) is 3.24. The average Bonchev–Trinajstić information content (AvgIpc) is 2.39. The number of carbonyl (C=O) groups is 1. The van der Waals surface area contributed by atoms with Gasteiger partial charge in [0, 0.05) is 19.2 Å². The van der Waals surface area contributed by atoms with Crippen molar-refractivity contribution in [1.82, 2.24) is 10.3 Å². The van der Waals surface area contributed by atoms with E-state index in [9.17, 15) is 4.79 Å². The number of carbonyl (C=O) groups excluding carboxylic acids is 1. The molecule has 17 heavy (non-hydrogen) atoms. The minimum Gasteiger partial charge on any atom is -0.425 e. The molecule has 1 aliphatic rings. The number of pyridine rings is 1. The summed E-state index contributed by atoms with van der Waals surface area (Å²) < 4.78 is 5.16. The SMILES string of the molecule is O=C(CCC1=CCNCC1)Oc1cccnc1. The quantitative estimate of drug-likeness (QED) is 0.634. The smallest absolute Gasteiger partial charge is 0.311 e. The number of hydrogen-bond donors (Lipinski definition) is 1. The fourth-order valence-corrected chi connectivity index (χ4v) is 1.75. The van der Waals surface area contributed by atoms with Crippen molar-refractivity contribution in [2.75, 3.05) is 13.1 Å². The van der Waals surface area contributed by atoms with Gasteiger partial charge in [-0.05, 0) is 31.5 Å². The normalized spacial score (nSPS) is 15.2. The molecule has 0 amide bonds. The van der Waals surface area contributed by atoms with Crippen LogP contribution in [0, 0.1) is 0 Å². The molecule has 0 unspecified atom stereocenters. The number of aromatic nitrogens is 1. The minimum absolute atomic E-state index is 0.197. The highest BCUT2D eigenvalue weighted by Crippen LogP contribution is 2.13. The zero-order chi connectivity index (χ0) is 11.9. The van der Waals surface area contributed by atoms with E-state index in [1.54, 1.807) is 24.5 Å². The Morgan fingerprint density at radius 3 is 3.18 bits per heavy atom. The average molecular weight is 232 g/mol. The van der Waals surface area contributed by atoms with Gasteiger partial charge in [-0.15, -0.1) is 0 Å². The zero-order valence-corrected chi connectivity index (χ0v) is 9.69. The van der Waals surface area contributed by atoms with E-state index < -0.39 is 0 Å². The van der Waals surface area contributed by atoms with E-state index in [0.717, 1.165) is 25.9 Å². The van der Waals surface area contributed by atoms with Crippen molar-refractivity contribution in [3.8, 4) is 5.75 Å². The van der Waals surface area contributed by atoms with E-state index in [0.29, 0.717) is 12.2 Å². The first-order valence-corrected chi connectivity index (χ1v) is 5.84. The molecule has 0 aromatic carbocycles. The van der Waals surface area contributed by atoms with Crippen LogP contribution < -0.4 is 10.1 Å². The molecular weight excluding hydrogens is 216 g/mol. The summed E-state index contributed by atoms with van der Waals surface area (Å²) in [6.45, 7) is 1.91. The lowest BCUT2D eigenvalue weighted by atomic mass is 10.0. The number of nitrogens with one attached hydrogen (secondary N) is 1. The van der Waals surface area contributed by atoms with E-state index >= 15 is 0 Å². The van der Waals surface area contributed by atoms with Crippen molar-refractivity contribution in [2.45, 2.75) is 19.3 Å². The van der Waals surface area contributed by atoms with Crippen LogP contribution >= 0.6 is 0 Å². The van der Waals surface area contributed by atoms with Crippen LogP contribution in [0.4, 0.5) is 0 Å². The van der Waals surface area contributed by atoms with E-state index in [-0.39, 0.29) is 5.97 Å². The summed E-state index contributed by atoms with van der Waals surface area (Å²) in [5.74, 6) is 0.314. The highest BCUT2D eigenvalue weighted by molar-refractivity contribution is 5.72. The fourth-order valence-electron chi connectivity index (χ4n) is 1.75. The predicted octanol–water partition coefficient (Wildman–Crippen LogP) is 1.69. The Morgan fingerprint density at radius 1 is 1.53 bits per heavy atom. The lowest BCUT2D eigenvalue weighted by molar-refractivity contribution is -0.134. The Labute approximate surface area is 101 Å². The molecule has 0 fully saturated rings. The largest absolute Gasteiger partial charge is 0.425 e. The number of hydrogen-bond acceptors (Lipinski definition) is 4. The van der Waals surface area contributed by atoms with E-state index in [1.807, 2.05) is 0 Å². The van der Waals surface area contributed by atoms with Crippen molar-refractivity contribution >= 4 is 5.97 Å². The maximum absolute atomic E-state index is 11.6. The van der Waals surface area contributed by atoms with Crippen LogP contribution in [0.1, 0.15) is 19.3 Å². The van der Waals surface area contributed by atoms with Crippen molar-refractivity contribution < 1.29 is 9.53 Å². The molecule has 90 valence electrons. The van der Waals surface area contributed by atoms with Gasteiger partial charge in [0.1, 0.15) is 5.75 Å². The molecule has 0 radical (unpaired) electrons. The molecule has 0 aliphatic carbocycles. The summed E-state index contributed by atoms with van der Waals surface area (Å²) in [7, 11) is 0. The van der Waals surface area contributed by atoms with Crippen LogP contribution in [-0.2, 0) is 4.79 Å². The molecule has 2 heterocycles. The van der Waals surface area contributed by atoms with E-state index in [1.165, 1.54) is 5.57 Å². The Kier molecular flexibility index (Phi) is 4.27. The third-order valence-electron chi connectivity index (χ3n) is 2.67. The first kappa shape index (κ1) is 11.8. The molecule has 0 saturated heterocycles. The van der Waals surface area contributed by atoms with Gasteiger partial charge in [-0.3, -0.25) is 9.78 Å². The number of nitrogens with zero attached hydrogens (tertiary/aromatic N) is 1. The van der Waals surface area contributed by atoms with Crippen molar-refractivity contribution in [1.29, 1.82) is 0 Å². The van der Waals surface area contributed by atoms with Crippen LogP contribution in [0.3, 0.4) is 0 Å². The lowest BCUT2D eigenvalue weighted by Crippen LogP contribution is -2.21. The highest BCUT2D eigenvalue weighted by Gasteiger charge is 2.08. The van der Waals surface area contributed by atoms with Gasteiger partial charge in [0.05, 0.1) is 6.20 Å². The number of rotatable bonds is 4. The second-order valence-corrected chi connectivity index (χ2v) is 3.98. The first-order chi connectivity index (χ1) is 8.34. The molecule has 4 nitrogen and oxygen atoms in total. The van der Waals surface area contributed by atoms with Gasteiger partial charge in [0.2, 0.25) is 0 Å². The molecule has 1 aromatic rings. The molecule has 1 aromatic heterocycles. The molecule has 0 saturated carbocycles. The van der Waals surface area contributed by atoms with Crippen molar-refractivity contribution in [2.24, 2.45) is 0 Å². The standard InChI is InChI=1S/C13H16N2O2/c16-13(17-12-2-1-7-15-10-12)4-3-11-5-8-14-9-6-11/h1-2,5,7,10,14H,3-4,6,8-9H2. The molecule has 1 N–H and O–H groups in total. The number of ether oxygens (including phenoxy) is 1. The van der Waals surface area contributed by atoms with E-state index in [2.05, 4.69) is 16.4 Å². The summed E-state index contributed by atoms with van der Waals surface area (Å²) in [6.07, 6.45) is 7.60. The van der Waals surface area contributed by atoms with Crippen molar-refractivity contribution in [3.05, 3.63) is 36.2 Å². The molecule has 4 heteroatoms. The molecule has 0 spiro atoms. The fraction of sp³-hybridized carbons (Fsp3) is 0.385. The summed E-state index contributed by atoms with van der Waals surface area (Å²) in [4.78, 5) is 15.5. The monoisotopic (exact) mass is 232 g/mol. The molecule has 1 aliphatic heterocycles. The van der Waals surface area contributed by atoms with Gasteiger partial charge in [-0.25, -0.2) is 0 Å². The lowest BCUT2D eigenvalue weighted by Gasteiger charge is -2.13. The van der Waals surface area contributed by atoms with Crippen LogP contribution in [0.15, 0.2) is 36.2 Å². The van der Waals surface area contributed by atoms with Crippen LogP contribution in [0.5, 0.6) is 5.75 Å². The van der Waals surface area contributed by atoms with Gasteiger partial charge in [-0.2, -0.15) is 0 Å². The molecule has 0 atom stereocenters. The van der Waals surface area contributed by atoms with Gasteiger partial charge in [0.25, 0.3) is 0 Å². The Balaban J connectivity index is 1.76. The third kappa shape index (κ3) is 4.00. The molecule has 2 rings (SSSR count). The minimum atomic E-state index is -0.197. The summed E-state index contributed by atoms with van der Waals surface area (Å²) >= 11 is 0. The van der Waals surface area contributed by atoms with Gasteiger partial charge in [-0.1, -0.05) is 11.6 Å². The molecule has 0 bridgehead atoms. The number of esters is 1. The van der Waals surface area contributed by atoms with Crippen LogP contribution in [0.2, 0.25) is 0 Å². The topological polar surface area (TPSA) is 51.2 Å². The highest BCUT2D eigenvalue weighted by atomic mass is 16.5. The second kappa shape index (κ2) is 6.15. The van der Waals surface area contributed by atoms with E-state index in [4.69, 9.17) is 4.74 Å². The van der Waals surface area contributed by atoms with Crippen LogP contribution in [0.25, 0.3) is 0 Å². The first-order valence-electron chi connectivity index (χ1n) is 5.84. The Hall–Kier alpha value is -1.68. The van der Waals surface area contributed by atoms with Crippen LogP contribution in [-0.4, -0.2) is 24.0 Å². The maximum atomic E-state index is 11.6. The third-order valence-corrected chi connectivity index (χ3v) is 2.67. The summed E-state index contributed by atoms with van der Waals surface area (Å²) in [5.41, 5.74) is 1.34. The second-order valence-electron chi connectivity index (χ2n) is 3.98.